The molecule has 0 aliphatic carbocycles. The zero-order valence-corrected chi connectivity index (χ0v) is 25.6. The molecule has 2 amide bonds. The summed E-state index contributed by atoms with van der Waals surface area (Å²) in [5, 5.41) is 2.92. The first kappa shape index (κ1) is 31.7. The first-order chi connectivity index (χ1) is 19.5. The van der Waals surface area contributed by atoms with Crippen molar-refractivity contribution in [3.8, 4) is 5.75 Å². The van der Waals surface area contributed by atoms with Crippen LogP contribution in [0.15, 0.2) is 77.7 Å². The van der Waals surface area contributed by atoms with E-state index in [0.29, 0.717) is 18.8 Å². The normalized spacial score (nSPS) is 12.1. The number of benzene rings is 3. The minimum Gasteiger partial charge on any atom is -0.492 e. The zero-order valence-electron chi connectivity index (χ0n) is 24.8. The van der Waals surface area contributed by atoms with Gasteiger partial charge in [-0.15, -0.1) is 0 Å². The van der Waals surface area contributed by atoms with Crippen LogP contribution in [0.25, 0.3) is 0 Å². The van der Waals surface area contributed by atoms with E-state index in [-0.39, 0.29) is 29.1 Å². The van der Waals surface area contributed by atoms with Crippen molar-refractivity contribution >= 4 is 27.5 Å². The Morgan fingerprint density at radius 1 is 0.902 bits per heavy atom. The van der Waals surface area contributed by atoms with E-state index in [9.17, 15) is 18.0 Å². The monoisotopic (exact) mass is 579 g/mol. The van der Waals surface area contributed by atoms with Crippen LogP contribution in [0.1, 0.15) is 50.8 Å². The zero-order chi connectivity index (χ0) is 30.2. The number of hydrogen-bond donors (Lipinski definition) is 1. The van der Waals surface area contributed by atoms with Gasteiger partial charge in [0.1, 0.15) is 18.3 Å². The highest BCUT2D eigenvalue weighted by Crippen LogP contribution is 2.33. The van der Waals surface area contributed by atoms with Crippen molar-refractivity contribution in [1.82, 2.24) is 10.2 Å². The van der Waals surface area contributed by atoms with Gasteiger partial charge in [-0.05, 0) is 76.4 Å². The quantitative estimate of drug-likeness (QED) is 0.299. The molecule has 0 heterocycles. The molecule has 1 atom stereocenters. The number of ether oxygens (including phenoxy) is 1. The Morgan fingerprint density at radius 3 is 2.15 bits per heavy atom. The second-order valence-electron chi connectivity index (χ2n) is 10.3. The van der Waals surface area contributed by atoms with Crippen molar-refractivity contribution in [3.05, 3.63) is 89.5 Å². The molecule has 1 N–H and O–H groups in total. The van der Waals surface area contributed by atoms with Gasteiger partial charge < -0.3 is 15.0 Å². The van der Waals surface area contributed by atoms with Crippen LogP contribution in [0.2, 0.25) is 0 Å². The van der Waals surface area contributed by atoms with E-state index < -0.39 is 28.5 Å². The van der Waals surface area contributed by atoms with E-state index in [1.54, 1.807) is 36.4 Å². The number of carbonyl (C=O) groups excluding carboxylic acids is 2. The maximum Gasteiger partial charge on any atom is 0.264 e. The molecule has 41 heavy (non-hydrogen) atoms. The second-order valence-corrected chi connectivity index (χ2v) is 12.1. The van der Waals surface area contributed by atoms with Crippen LogP contribution in [0.4, 0.5) is 5.69 Å². The van der Waals surface area contributed by atoms with E-state index in [0.717, 1.165) is 21.0 Å². The van der Waals surface area contributed by atoms with Crippen molar-refractivity contribution in [3.63, 3.8) is 0 Å². The molecular weight excluding hydrogens is 538 g/mol. The molecule has 0 spiro atoms. The highest BCUT2D eigenvalue weighted by atomic mass is 32.2. The van der Waals surface area contributed by atoms with E-state index in [1.807, 2.05) is 65.8 Å². The molecule has 3 rings (SSSR count). The molecule has 0 aliphatic rings. The van der Waals surface area contributed by atoms with E-state index >= 15 is 0 Å². The number of nitrogens with zero attached hydrogens (tertiary/aromatic N) is 2. The summed E-state index contributed by atoms with van der Waals surface area (Å²) in [6.45, 7) is 11.1. The molecule has 0 fully saturated rings. The van der Waals surface area contributed by atoms with Gasteiger partial charge in [0, 0.05) is 12.6 Å². The van der Waals surface area contributed by atoms with Gasteiger partial charge in [0.2, 0.25) is 11.8 Å². The lowest BCUT2D eigenvalue weighted by molar-refractivity contribution is -0.140. The summed E-state index contributed by atoms with van der Waals surface area (Å²) >= 11 is 0. The first-order valence-electron chi connectivity index (χ1n) is 13.9. The lowest BCUT2D eigenvalue weighted by atomic mass is 10.1. The summed E-state index contributed by atoms with van der Waals surface area (Å²) < 4.78 is 35.1. The van der Waals surface area contributed by atoms with Crippen LogP contribution in [0, 0.1) is 13.8 Å². The number of anilines is 1. The molecule has 0 saturated heterocycles. The molecule has 0 saturated carbocycles. The van der Waals surface area contributed by atoms with Gasteiger partial charge in [-0.2, -0.15) is 0 Å². The number of carbonyl (C=O) groups is 2. The summed E-state index contributed by atoms with van der Waals surface area (Å²) in [5.74, 6) is -0.443. The van der Waals surface area contributed by atoms with Crippen molar-refractivity contribution in [2.45, 2.75) is 71.5 Å². The third-order valence-electron chi connectivity index (χ3n) is 6.74. The van der Waals surface area contributed by atoms with E-state index in [1.165, 1.54) is 17.0 Å². The summed E-state index contributed by atoms with van der Waals surface area (Å²) in [5.41, 5.74) is 3.00. The predicted octanol–water partition coefficient (Wildman–Crippen LogP) is 5.23. The van der Waals surface area contributed by atoms with Crippen LogP contribution < -0.4 is 14.4 Å². The molecule has 0 aliphatic heterocycles. The molecular formula is C32H41N3O5S. The van der Waals surface area contributed by atoms with Gasteiger partial charge in [0.15, 0.2) is 0 Å². The van der Waals surface area contributed by atoms with Crippen molar-refractivity contribution < 1.29 is 22.7 Å². The van der Waals surface area contributed by atoms with Gasteiger partial charge in [-0.1, -0.05) is 61.0 Å². The average Bonchev–Trinajstić information content (AvgIpc) is 2.93. The van der Waals surface area contributed by atoms with Crippen LogP contribution in [-0.4, -0.2) is 50.4 Å². The van der Waals surface area contributed by atoms with Gasteiger partial charge in [-0.3, -0.25) is 13.9 Å². The number of aryl methyl sites for hydroxylation is 2. The predicted molar refractivity (Wildman–Crippen MR) is 162 cm³/mol. The molecule has 8 nitrogen and oxygen atoms in total. The van der Waals surface area contributed by atoms with E-state index in [2.05, 4.69) is 5.32 Å². The fourth-order valence-electron chi connectivity index (χ4n) is 4.56. The van der Waals surface area contributed by atoms with Crippen molar-refractivity contribution in [1.29, 1.82) is 0 Å². The number of nitrogens with one attached hydrogen (secondary N) is 1. The highest BCUT2D eigenvalue weighted by molar-refractivity contribution is 7.92. The molecule has 0 unspecified atom stereocenters. The largest absolute Gasteiger partial charge is 0.492 e. The summed E-state index contributed by atoms with van der Waals surface area (Å²) in [6, 6.07) is 20.0. The third kappa shape index (κ3) is 7.88. The minimum absolute atomic E-state index is 0.0530. The van der Waals surface area contributed by atoms with Crippen molar-refractivity contribution in [2.75, 3.05) is 17.5 Å². The fraction of sp³-hybridized carbons (Fsp3) is 0.375. The first-order valence-corrected chi connectivity index (χ1v) is 15.4. The number of hydrogen-bond acceptors (Lipinski definition) is 5. The Bertz CT molecular complexity index is 1440. The van der Waals surface area contributed by atoms with Crippen molar-refractivity contribution in [2.24, 2.45) is 0 Å². The molecule has 220 valence electrons. The number of rotatable bonds is 13. The fourth-order valence-corrected chi connectivity index (χ4v) is 5.99. The Kier molecular flexibility index (Phi) is 10.9. The molecule has 0 radical (unpaired) electrons. The standard InChI is InChI=1S/C32H41N3O5S/c1-7-28(32(37)33-23(3)4)34(21-26-14-10-9-13-25(26)6)31(36)22-35(29-15-11-12-16-30(29)40-8-2)41(38,39)27-19-17-24(5)18-20-27/h9-20,23,28H,7-8,21-22H2,1-6H3,(H,33,37)/t28-/m0/s1. The third-order valence-corrected chi connectivity index (χ3v) is 8.51. The van der Waals surface area contributed by atoms with Crippen LogP contribution in [-0.2, 0) is 26.2 Å². The van der Waals surface area contributed by atoms with Crippen LogP contribution >= 0.6 is 0 Å². The van der Waals surface area contributed by atoms with E-state index in [4.69, 9.17) is 4.74 Å². The molecule has 0 bridgehead atoms. The lowest BCUT2D eigenvalue weighted by Gasteiger charge is -2.34. The Labute approximate surface area is 244 Å². The molecule has 0 aromatic heterocycles. The van der Waals surface area contributed by atoms with Gasteiger partial charge in [0.25, 0.3) is 10.0 Å². The molecule has 3 aromatic carbocycles. The minimum atomic E-state index is -4.19. The number of sulfonamides is 1. The molecule has 3 aromatic rings. The lowest BCUT2D eigenvalue weighted by Crippen LogP contribution is -2.53. The summed E-state index contributed by atoms with van der Waals surface area (Å²) in [4.78, 5) is 29.1. The Balaban J connectivity index is 2.13. The van der Waals surface area contributed by atoms with Gasteiger partial charge in [-0.25, -0.2) is 8.42 Å². The maximum atomic E-state index is 14.2. The number of para-hydroxylation sites is 2. The van der Waals surface area contributed by atoms with Crippen LogP contribution in [0.5, 0.6) is 5.75 Å². The maximum absolute atomic E-state index is 14.2. The summed E-state index contributed by atoms with van der Waals surface area (Å²) in [6.07, 6.45) is 0.358. The molecule has 9 heteroatoms. The Hall–Kier alpha value is -3.85. The second kappa shape index (κ2) is 14.2. The topological polar surface area (TPSA) is 96.0 Å². The smallest absolute Gasteiger partial charge is 0.264 e. The summed E-state index contributed by atoms with van der Waals surface area (Å²) in [7, 11) is -4.19. The van der Waals surface area contributed by atoms with Gasteiger partial charge >= 0.3 is 0 Å². The van der Waals surface area contributed by atoms with Crippen LogP contribution in [0.3, 0.4) is 0 Å². The van der Waals surface area contributed by atoms with Gasteiger partial charge in [0.05, 0.1) is 17.2 Å². The number of amides is 2. The SMILES string of the molecule is CCOc1ccccc1N(CC(=O)N(Cc1ccccc1C)[C@@H](CC)C(=O)NC(C)C)S(=O)(=O)c1ccc(C)cc1. The highest BCUT2D eigenvalue weighted by Gasteiger charge is 2.35. The average molecular weight is 580 g/mol. The Morgan fingerprint density at radius 2 is 1.54 bits per heavy atom.